The van der Waals surface area contributed by atoms with Gasteiger partial charge in [-0.15, -0.1) is 5.10 Å². The molecular weight excluding hydrogens is 254 g/mol. The van der Waals surface area contributed by atoms with E-state index in [2.05, 4.69) is 16.4 Å². The average molecular weight is 273 g/mol. The highest BCUT2D eigenvalue weighted by Crippen LogP contribution is 2.25. The van der Waals surface area contributed by atoms with Crippen LogP contribution in [0.1, 0.15) is 48.1 Å². The number of carboxylic acid groups (broad SMARTS) is 1. The van der Waals surface area contributed by atoms with Crippen LogP contribution in [0, 0.1) is 6.92 Å². The third kappa shape index (κ3) is 2.87. The minimum atomic E-state index is -1.04. The van der Waals surface area contributed by atoms with Crippen LogP contribution in [0.4, 0.5) is 0 Å². The van der Waals surface area contributed by atoms with Gasteiger partial charge in [0.1, 0.15) is 0 Å². The first-order valence-electron chi connectivity index (χ1n) is 6.52. The molecule has 5 nitrogen and oxygen atoms in total. The standard InChI is InChI=1S/C15H19N3O2/c1-10-6-5-7-11(8-10)9-18-13(15(2,3)4)12(14(19)20)16-17-18/h5-8H,9H2,1-4H3,(H,19,20). The summed E-state index contributed by atoms with van der Waals surface area (Å²) in [6, 6.07) is 8.07. The highest BCUT2D eigenvalue weighted by molar-refractivity contribution is 5.86. The van der Waals surface area contributed by atoms with Crippen molar-refractivity contribution in [3.05, 3.63) is 46.8 Å². The third-order valence-corrected chi connectivity index (χ3v) is 3.06. The topological polar surface area (TPSA) is 68.0 Å². The highest BCUT2D eigenvalue weighted by atomic mass is 16.4. The molecule has 1 heterocycles. The second-order valence-corrected chi connectivity index (χ2v) is 5.99. The van der Waals surface area contributed by atoms with E-state index in [1.54, 1.807) is 4.68 Å². The Hall–Kier alpha value is -2.17. The van der Waals surface area contributed by atoms with Crippen LogP contribution in [0.15, 0.2) is 24.3 Å². The highest BCUT2D eigenvalue weighted by Gasteiger charge is 2.28. The molecule has 0 spiro atoms. The van der Waals surface area contributed by atoms with Gasteiger partial charge in [-0.25, -0.2) is 9.48 Å². The van der Waals surface area contributed by atoms with Gasteiger partial charge in [-0.05, 0) is 12.5 Å². The van der Waals surface area contributed by atoms with Crippen molar-refractivity contribution in [3.63, 3.8) is 0 Å². The second kappa shape index (κ2) is 5.07. The summed E-state index contributed by atoms with van der Waals surface area (Å²) in [4.78, 5) is 11.3. The van der Waals surface area contributed by atoms with Crippen molar-refractivity contribution < 1.29 is 9.90 Å². The average Bonchev–Trinajstić information content (AvgIpc) is 2.72. The van der Waals surface area contributed by atoms with Gasteiger partial charge in [-0.3, -0.25) is 0 Å². The SMILES string of the molecule is Cc1cccc(Cn2nnc(C(=O)O)c2C(C)(C)C)c1. The largest absolute Gasteiger partial charge is 0.476 e. The molecule has 0 aliphatic heterocycles. The van der Waals surface area contributed by atoms with Gasteiger partial charge in [-0.2, -0.15) is 0 Å². The number of aromatic nitrogens is 3. The van der Waals surface area contributed by atoms with Crippen LogP contribution in [0.3, 0.4) is 0 Å². The van der Waals surface area contributed by atoms with E-state index in [1.807, 2.05) is 45.9 Å². The van der Waals surface area contributed by atoms with Crippen molar-refractivity contribution in [2.24, 2.45) is 0 Å². The number of carbonyl (C=O) groups is 1. The fourth-order valence-corrected chi connectivity index (χ4v) is 2.29. The predicted octanol–water partition coefficient (Wildman–Crippen LogP) is 2.63. The summed E-state index contributed by atoms with van der Waals surface area (Å²) in [6.45, 7) is 8.44. The quantitative estimate of drug-likeness (QED) is 0.933. The molecule has 1 aromatic heterocycles. The Morgan fingerprint density at radius 3 is 2.60 bits per heavy atom. The van der Waals surface area contributed by atoms with Crippen molar-refractivity contribution in [2.45, 2.75) is 39.7 Å². The van der Waals surface area contributed by atoms with Gasteiger partial charge in [0, 0.05) is 5.41 Å². The first-order chi connectivity index (χ1) is 9.29. The van der Waals surface area contributed by atoms with Crippen molar-refractivity contribution in [2.75, 3.05) is 0 Å². The van der Waals surface area contributed by atoms with E-state index >= 15 is 0 Å². The molecule has 5 heteroatoms. The van der Waals surface area contributed by atoms with Crippen molar-refractivity contribution in [1.29, 1.82) is 0 Å². The van der Waals surface area contributed by atoms with E-state index in [-0.39, 0.29) is 11.1 Å². The fraction of sp³-hybridized carbons (Fsp3) is 0.400. The zero-order chi connectivity index (χ0) is 14.9. The lowest BCUT2D eigenvalue weighted by molar-refractivity contribution is 0.0687. The number of nitrogens with zero attached hydrogens (tertiary/aromatic N) is 3. The fourth-order valence-electron chi connectivity index (χ4n) is 2.29. The van der Waals surface area contributed by atoms with Gasteiger partial charge in [0.2, 0.25) is 0 Å². The molecule has 0 radical (unpaired) electrons. The molecule has 1 N–H and O–H groups in total. The van der Waals surface area contributed by atoms with Gasteiger partial charge < -0.3 is 5.11 Å². The zero-order valence-electron chi connectivity index (χ0n) is 12.2. The molecule has 0 aliphatic carbocycles. The molecule has 106 valence electrons. The summed E-state index contributed by atoms with van der Waals surface area (Å²) in [5.41, 5.74) is 2.59. The van der Waals surface area contributed by atoms with Crippen LogP contribution >= 0.6 is 0 Å². The number of aromatic carboxylic acids is 1. The molecule has 0 unspecified atom stereocenters. The summed E-state index contributed by atoms with van der Waals surface area (Å²) in [6.07, 6.45) is 0. The Bertz CT molecular complexity index is 639. The maximum atomic E-state index is 11.3. The van der Waals surface area contributed by atoms with Crippen LogP contribution in [-0.4, -0.2) is 26.1 Å². The minimum absolute atomic E-state index is 0.0325. The van der Waals surface area contributed by atoms with Gasteiger partial charge in [0.25, 0.3) is 0 Å². The lowest BCUT2D eigenvalue weighted by Gasteiger charge is -2.20. The van der Waals surface area contributed by atoms with Crippen molar-refractivity contribution >= 4 is 5.97 Å². The monoisotopic (exact) mass is 273 g/mol. The Morgan fingerprint density at radius 2 is 2.05 bits per heavy atom. The first-order valence-corrected chi connectivity index (χ1v) is 6.52. The molecular formula is C15H19N3O2. The molecule has 0 atom stereocenters. The van der Waals surface area contributed by atoms with E-state index in [1.165, 1.54) is 5.56 Å². The van der Waals surface area contributed by atoms with E-state index < -0.39 is 5.97 Å². The van der Waals surface area contributed by atoms with Crippen LogP contribution in [0.25, 0.3) is 0 Å². The smallest absolute Gasteiger partial charge is 0.358 e. The predicted molar refractivity (Wildman–Crippen MR) is 76.0 cm³/mol. The van der Waals surface area contributed by atoms with Crippen LogP contribution in [-0.2, 0) is 12.0 Å². The maximum Gasteiger partial charge on any atom is 0.358 e. The van der Waals surface area contributed by atoms with Crippen LogP contribution in [0.2, 0.25) is 0 Å². The van der Waals surface area contributed by atoms with Crippen LogP contribution < -0.4 is 0 Å². The van der Waals surface area contributed by atoms with E-state index in [9.17, 15) is 9.90 Å². The second-order valence-electron chi connectivity index (χ2n) is 5.99. The normalized spacial score (nSPS) is 11.6. The molecule has 2 aromatic rings. The summed E-state index contributed by atoms with van der Waals surface area (Å²) in [5, 5.41) is 17.1. The Morgan fingerprint density at radius 1 is 1.35 bits per heavy atom. The Balaban J connectivity index is 2.45. The van der Waals surface area contributed by atoms with Gasteiger partial charge in [0.15, 0.2) is 5.69 Å². The van der Waals surface area contributed by atoms with Crippen molar-refractivity contribution in [3.8, 4) is 0 Å². The molecule has 2 rings (SSSR count). The lowest BCUT2D eigenvalue weighted by Crippen LogP contribution is -2.22. The summed E-state index contributed by atoms with van der Waals surface area (Å²) in [5.74, 6) is -1.04. The molecule has 1 aromatic carbocycles. The number of hydrogen-bond acceptors (Lipinski definition) is 3. The maximum absolute atomic E-state index is 11.3. The van der Waals surface area contributed by atoms with Gasteiger partial charge >= 0.3 is 5.97 Å². The van der Waals surface area contributed by atoms with Gasteiger partial charge in [-0.1, -0.05) is 55.8 Å². The van der Waals surface area contributed by atoms with Crippen molar-refractivity contribution in [1.82, 2.24) is 15.0 Å². The number of carboxylic acids is 1. The molecule has 0 bridgehead atoms. The number of benzene rings is 1. The Labute approximate surface area is 118 Å². The Kier molecular flexibility index (Phi) is 3.61. The molecule has 0 fully saturated rings. The zero-order valence-corrected chi connectivity index (χ0v) is 12.2. The van der Waals surface area contributed by atoms with Crippen LogP contribution in [0.5, 0.6) is 0 Å². The summed E-state index contributed by atoms with van der Waals surface area (Å²) < 4.78 is 1.68. The van der Waals surface area contributed by atoms with E-state index in [0.717, 1.165) is 5.56 Å². The minimum Gasteiger partial charge on any atom is -0.476 e. The molecule has 0 saturated carbocycles. The van der Waals surface area contributed by atoms with E-state index in [0.29, 0.717) is 12.2 Å². The molecule has 0 saturated heterocycles. The number of rotatable bonds is 3. The first kappa shape index (κ1) is 14.2. The number of aryl methyl sites for hydroxylation is 1. The third-order valence-electron chi connectivity index (χ3n) is 3.06. The summed E-state index contributed by atoms with van der Waals surface area (Å²) in [7, 11) is 0. The lowest BCUT2D eigenvalue weighted by atomic mass is 9.90. The number of hydrogen-bond donors (Lipinski definition) is 1. The molecule has 20 heavy (non-hydrogen) atoms. The molecule has 0 amide bonds. The summed E-state index contributed by atoms with van der Waals surface area (Å²) >= 11 is 0. The van der Waals surface area contributed by atoms with E-state index in [4.69, 9.17) is 0 Å². The van der Waals surface area contributed by atoms with Gasteiger partial charge in [0.05, 0.1) is 12.2 Å². The molecule has 0 aliphatic rings.